The number of benzene rings is 2. The SMILES string of the molecule is O=C1c2ccccc2C(=O)N1CCCOc1cc(NC(P2(=O)OCCO2)P2(=O)OCCO2)ccc1F. The van der Waals surface area contributed by atoms with Crippen LogP contribution in [0.5, 0.6) is 5.75 Å². The Morgan fingerprint density at radius 2 is 1.47 bits per heavy atom. The average Bonchev–Trinajstić information content (AvgIpc) is 3.57. The number of hydrogen-bond acceptors (Lipinski definition) is 10. The average molecular weight is 540 g/mol. The largest absolute Gasteiger partial charge is 0.490 e. The molecule has 2 fully saturated rings. The molecule has 3 heterocycles. The van der Waals surface area contributed by atoms with Crippen LogP contribution in [0.25, 0.3) is 0 Å². The minimum atomic E-state index is -3.89. The Balaban J connectivity index is 1.23. The normalized spacial score (nSPS) is 20.2. The molecule has 0 bridgehead atoms. The number of nitrogens with zero attached hydrogens (tertiary/aromatic N) is 1. The van der Waals surface area contributed by atoms with Gasteiger partial charge >= 0.3 is 15.2 Å². The van der Waals surface area contributed by atoms with Gasteiger partial charge in [0.1, 0.15) is 0 Å². The number of hydrogen-bond donors (Lipinski definition) is 1. The molecule has 0 radical (unpaired) electrons. The third-order valence-electron chi connectivity index (χ3n) is 5.74. The third kappa shape index (κ3) is 4.72. The molecular formula is C22H23FN2O9P2. The first-order valence-electron chi connectivity index (χ1n) is 11.2. The first-order valence-corrected chi connectivity index (χ1v) is 14.4. The fourth-order valence-corrected chi connectivity index (χ4v) is 8.88. The van der Waals surface area contributed by atoms with Crippen LogP contribution in [-0.2, 0) is 27.2 Å². The Kier molecular flexibility index (Phi) is 7.00. The molecule has 2 aromatic carbocycles. The minimum absolute atomic E-state index is 0.00659. The van der Waals surface area contributed by atoms with Crippen LogP contribution < -0.4 is 10.1 Å². The second-order valence-electron chi connectivity index (χ2n) is 8.09. The number of carbonyl (C=O) groups excluding carboxylic acids is 2. The van der Waals surface area contributed by atoms with Gasteiger partial charge in [-0.05, 0) is 30.7 Å². The second kappa shape index (κ2) is 10.0. The van der Waals surface area contributed by atoms with E-state index < -0.39 is 26.5 Å². The standard InChI is InChI=1S/C22H23FN2O9P2/c23-18-7-6-15(24-22(35(28)31-10-11-32-35)36(29)33-12-13-34-36)14-19(18)30-9-3-8-25-20(26)16-4-1-2-5-17(16)21(25)27/h1-2,4-7,14,22,24H,3,8-13H2. The summed E-state index contributed by atoms with van der Waals surface area (Å²) in [6.07, 6.45) is 0.263. The minimum Gasteiger partial charge on any atom is -0.490 e. The molecule has 2 saturated heterocycles. The predicted octanol–water partition coefficient (Wildman–Crippen LogP) is 4.07. The topological polar surface area (TPSA) is 130 Å². The molecule has 3 aliphatic rings. The maximum atomic E-state index is 14.4. The maximum absolute atomic E-state index is 14.4. The van der Waals surface area contributed by atoms with Gasteiger partial charge in [-0.15, -0.1) is 0 Å². The first-order chi connectivity index (χ1) is 17.3. The second-order valence-corrected chi connectivity index (χ2v) is 12.7. The van der Waals surface area contributed by atoms with Crippen molar-refractivity contribution in [2.75, 3.05) is 44.9 Å². The van der Waals surface area contributed by atoms with Crippen molar-refractivity contribution in [1.82, 2.24) is 4.90 Å². The van der Waals surface area contributed by atoms with E-state index in [-0.39, 0.29) is 69.3 Å². The molecule has 0 atom stereocenters. The van der Waals surface area contributed by atoms with E-state index in [9.17, 15) is 23.1 Å². The van der Waals surface area contributed by atoms with Crippen LogP contribution in [0.3, 0.4) is 0 Å². The van der Waals surface area contributed by atoms with Gasteiger partial charge in [0, 0.05) is 18.3 Å². The quantitative estimate of drug-likeness (QED) is 0.282. The number of nitrogens with one attached hydrogen (secondary N) is 1. The van der Waals surface area contributed by atoms with Crippen molar-refractivity contribution in [3.63, 3.8) is 0 Å². The zero-order chi connectivity index (χ0) is 25.3. The highest BCUT2D eigenvalue weighted by molar-refractivity contribution is 7.73. The number of amides is 2. The van der Waals surface area contributed by atoms with Crippen LogP contribution in [0.4, 0.5) is 10.1 Å². The maximum Gasteiger partial charge on any atom is 0.365 e. The molecule has 192 valence electrons. The van der Waals surface area contributed by atoms with E-state index in [1.54, 1.807) is 24.3 Å². The lowest BCUT2D eigenvalue weighted by Crippen LogP contribution is -2.31. The summed E-state index contributed by atoms with van der Waals surface area (Å²) < 4.78 is 67.2. The zero-order valence-electron chi connectivity index (χ0n) is 19.0. The van der Waals surface area contributed by atoms with Crippen LogP contribution in [0.15, 0.2) is 42.5 Å². The molecule has 3 aliphatic heterocycles. The Bertz CT molecular complexity index is 1200. The van der Waals surface area contributed by atoms with Crippen molar-refractivity contribution in [2.45, 2.75) is 11.9 Å². The summed E-state index contributed by atoms with van der Waals surface area (Å²) in [5.41, 5.74) is -0.514. The van der Waals surface area contributed by atoms with Gasteiger partial charge in [0.15, 0.2) is 11.6 Å². The van der Waals surface area contributed by atoms with Crippen LogP contribution in [-0.4, -0.2) is 61.8 Å². The Morgan fingerprint density at radius 3 is 2.03 bits per heavy atom. The van der Waals surface area contributed by atoms with Gasteiger partial charge in [0.2, 0.25) is 5.52 Å². The van der Waals surface area contributed by atoms with E-state index in [1.165, 1.54) is 12.1 Å². The number of anilines is 1. The molecule has 0 aliphatic carbocycles. The molecule has 2 aromatic rings. The Hall–Kier alpha value is -2.59. The fourth-order valence-electron chi connectivity index (χ4n) is 4.05. The van der Waals surface area contributed by atoms with Gasteiger partial charge in [0.05, 0.1) is 44.2 Å². The highest BCUT2D eigenvalue weighted by atomic mass is 31.2. The molecule has 2 amide bonds. The van der Waals surface area contributed by atoms with E-state index in [2.05, 4.69) is 5.32 Å². The van der Waals surface area contributed by atoms with Gasteiger partial charge in [-0.1, -0.05) is 12.1 Å². The van der Waals surface area contributed by atoms with E-state index >= 15 is 0 Å². The number of halogens is 1. The van der Waals surface area contributed by atoms with Crippen molar-refractivity contribution >= 4 is 32.7 Å². The smallest absolute Gasteiger partial charge is 0.365 e. The van der Waals surface area contributed by atoms with Gasteiger partial charge in [0.25, 0.3) is 11.8 Å². The van der Waals surface area contributed by atoms with Gasteiger partial charge in [-0.2, -0.15) is 0 Å². The number of fused-ring (bicyclic) bond motifs is 1. The Morgan fingerprint density at radius 1 is 0.917 bits per heavy atom. The summed E-state index contributed by atoms with van der Waals surface area (Å²) in [5, 5.41) is 2.80. The van der Waals surface area contributed by atoms with Crippen molar-refractivity contribution < 1.29 is 45.9 Å². The summed E-state index contributed by atoms with van der Waals surface area (Å²) in [6, 6.07) is 10.3. The highest BCUT2D eigenvalue weighted by Gasteiger charge is 2.55. The van der Waals surface area contributed by atoms with Crippen LogP contribution in [0.2, 0.25) is 0 Å². The van der Waals surface area contributed by atoms with Crippen molar-refractivity contribution in [3.8, 4) is 5.75 Å². The molecule has 0 saturated carbocycles. The lowest BCUT2D eigenvalue weighted by atomic mass is 10.1. The lowest BCUT2D eigenvalue weighted by Gasteiger charge is -2.27. The molecule has 11 nitrogen and oxygen atoms in total. The third-order valence-corrected chi connectivity index (χ3v) is 11.1. The van der Waals surface area contributed by atoms with Crippen molar-refractivity contribution in [1.29, 1.82) is 0 Å². The summed E-state index contributed by atoms with van der Waals surface area (Å²) in [5.74, 6) is -1.56. The number of rotatable bonds is 9. The molecular weight excluding hydrogens is 517 g/mol. The molecule has 0 aromatic heterocycles. The van der Waals surface area contributed by atoms with Crippen LogP contribution >= 0.6 is 15.2 Å². The van der Waals surface area contributed by atoms with E-state index in [1.807, 2.05) is 0 Å². The summed E-state index contributed by atoms with van der Waals surface area (Å²) >= 11 is 0. The van der Waals surface area contributed by atoms with Crippen LogP contribution in [0.1, 0.15) is 27.1 Å². The molecule has 36 heavy (non-hydrogen) atoms. The van der Waals surface area contributed by atoms with Gasteiger partial charge in [-0.25, -0.2) is 4.39 Å². The highest BCUT2D eigenvalue weighted by Crippen LogP contribution is 2.72. The first kappa shape index (κ1) is 25.1. The summed E-state index contributed by atoms with van der Waals surface area (Å²) in [4.78, 5) is 26.0. The molecule has 1 N–H and O–H groups in total. The molecule has 5 rings (SSSR count). The van der Waals surface area contributed by atoms with Crippen molar-refractivity contribution in [2.24, 2.45) is 0 Å². The fraction of sp³-hybridized carbons (Fsp3) is 0.364. The number of ether oxygens (including phenoxy) is 1. The number of imide groups is 1. The van der Waals surface area contributed by atoms with Crippen LogP contribution in [0, 0.1) is 5.82 Å². The summed E-state index contributed by atoms with van der Waals surface area (Å²) in [6.45, 7) is 0.331. The number of carbonyl (C=O) groups is 2. The molecule has 0 spiro atoms. The Labute approximate surface area is 205 Å². The van der Waals surface area contributed by atoms with Gasteiger partial charge in [-0.3, -0.25) is 23.6 Å². The predicted molar refractivity (Wildman–Crippen MR) is 125 cm³/mol. The van der Waals surface area contributed by atoms with Gasteiger partial charge < -0.3 is 28.1 Å². The molecule has 14 heteroatoms. The molecule has 0 unspecified atom stereocenters. The lowest BCUT2D eigenvalue weighted by molar-refractivity contribution is 0.0646. The summed E-state index contributed by atoms with van der Waals surface area (Å²) in [7, 11) is -7.78. The van der Waals surface area contributed by atoms with Crippen molar-refractivity contribution in [3.05, 3.63) is 59.4 Å². The monoisotopic (exact) mass is 540 g/mol. The van der Waals surface area contributed by atoms with E-state index in [4.69, 9.17) is 22.8 Å². The zero-order valence-corrected chi connectivity index (χ0v) is 20.8. The van der Waals surface area contributed by atoms with E-state index in [0.717, 1.165) is 11.0 Å². The van der Waals surface area contributed by atoms with E-state index in [0.29, 0.717) is 11.1 Å².